The molecule has 0 aromatic heterocycles. The van der Waals surface area contributed by atoms with Crippen molar-refractivity contribution in [3.63, 3.8) is 0 Å². The first-order valence-corrected chi connectivity index (χ1v) is 15.9. The molecule has 4 aromatic rings. The minimum Gasteiger partial charge on any atom is -0.483 e. The number of hydrogen-bond donors (Lipinski definition) is 0. The summed E-state index contributed by atoms with van der Waals surface area (Å²) in [5.41, 5.74) is 3.68. The molecule has 0 N–H and O–H groups in total. The van der Waals surface area contributed by atoms with Gasteiger partial charge in [-0.2, -0.15) is 0 Å². The molecule has 5 heteroatoms. The monoisotopic (exact) mass is 563 g/mol. The second-order valence-electron chi connectivity index (χ2n) is 10.5. The Hall–Kier alpha value is -3.69. The molecule has 0 aliphatic carbocycles. The van der Waals surface area contributed by atoms with Gasteiger partial charge in [0.15, 0.2) is 5.50 Å². The van der Waals surface area contributed by atoms with Crippen molar-refractivity contribution in [1.82, 2.24) is 4.67 Å². The molecule has 4 nitrogen and oxygen atoms in total. The molecule has 0 saturated carbocycles. The van der Waals surface area contributed by atoms with E-state index in [2.05, 4.69) is 54.9 Å². The van der Waals surface area contributed by atoms with Crippen LogP contribution in [0.15, 0.2) is 139 Å². The molecule has 0 spiro atoms. The summed E-state index contributed by atoms with van der Waals surface area (Å²) in [4.78, 5) is 0. The number of ether oxygens (including phenoxy) is 1. The van der Waals surface area contributed by atoms with Gasteiger partial charge >= 0.3 is 7.52 Å². The Bertz CT molecular complexity index is 1390. The van der Waals surface area contributed by atoms with E-state index in [1.807, 2.05) is 103 Å². The van der Waals surface area contributed by atoms with E-state index >= 15 is 4.57 Å². The Morgan fingerprint density at radius 1 is 0.829 bits per heavy atom. The Morgan fingerprint density at radius 2 is 1.32 bits per heavy atom. The lowest BCUT2D eigenvalue weighted by Crippen LogP contribution is -2.49. The Balaban J connectivity index is 1.66. The van der Waals surface area contributed by atoms with Crippen LogP contribution in [-0.2, 0) is 19.4 Å². The Morgan fingerprint density at radius 3 is 1.80 bits per heavy atom. The van der Waals surface area contributed by atoms with Gasteiger partial charge in [-0.25, -0.2) is 4.67 Å². The largest absolute Gasteiger partial charge is 0.483 e. The summed E-state index contributed by atoms with van der Waals surface area (Å²) in [5.74, 6) is 0.112. The number of benzene rings is 4. The Labute approximate surface area is 244 Å². The maximum Gasteiger partial charge on any atom is 0.337 e. The lowest BCUT2D eigenvalue weighted by Gasteiger charge is -2.50. The second kappa shape index (κ2) is 13.3. The number of rotatable bonds is 10. The van der Waals surface area contributed by atoms with Gasteiger partial charge in [0.1, 0.15) is 12.1 Å². The van der Waals surface area contributed by atoms with E-state index in [1.54, 1.807) is 0 Å². The minimum atomic E-state index is -3.68. The van der Waals surface area contributed by atoms with Crippen LogP contribution in [0.5, 0.6) is 0 Å². The quantitative estimate of drug-likeness (QED) is 0.110. The summed E-state index contributed by atoms with van der Waals surface area (Å²) >= 11 is 0. The molecule has 210 valence electrons. The molecule has 0 bridgehead atoms. The van der Waals surface area contributed by atoms with Crippen molar-refractivity contribution >= 4 is 13.6 Å². The van der Waals surface area contributed by atoms with Gasteiger partial charge in [0.25, 0.3) is 0 Å². The molecule has 0 radical (unpaired) electrons. The average Bonchev–Trinajstić information content (AvgIpc) is 3.02. The lowest BCUT2D eigenvalue weighted by atomic mass is 9.77. The van der Waals surface area contributed by atoms with Crippen molar-refractivity contribution in [3.8, 4) is 0 Å². The first-order valence-electron chi connectivity index (χ1n) is 14.3. The highest BCUT2D eigenvalue weighted by molar-refractivity contribution is 7.60. The van der Waals surface area contributed by atoms with Gasteiger partial charge in [-0.05, 0) is 46.7 Å². The number of hydrogen-bond acceptors (Lipinski definition) is 3. The van der Waals surface area contributed by atoms with Gasteiger partial charge in [0, 0.05) is 6.54 Å². The highest BCUT2D eigenvalue weighted by Crippen LogP contribution is 2.67. The van der Waals surface area contributed by atoms with Crippen LogP contribution in [0, 0.1) is 5.92 Å². The highest BCUT2D eigenvalue weighted by Gasteiger charge is 2.54. The third kappa shape index (κ3) is 6.16. The maximum absolute atomic E-state index is 15.5. The van der Waals surface area contributed by atoms with Crippen LogP contribution in [0.2, 0.25) is 0 Å². The summed E-state index contributed by atoms with van der Waals surface area (Å²) in [5, 5.41) is 0. The molecular weight excluding hydrogens is 525 g/mol. The first-order chi connectivity index (χ1) is 20.0. The molecule has 1 aliphatic rings. The van der Waals surface area contributed by atoms with E-state index in [-0.39, 0.29) is 12.5 Å². The maximum atomic E-state index is 15.5. The molecule has 5 rings (SSSR count). The predicted molar refractivity (Wildman–Crippen MR) is 168 cm³/mol. The van der Waals surface area contributed by atoms with Crippen LogP contribution in [0.25, 0.3) is 6.08 Å². The molecule has 1 unspecified atom stereocenters. The summed E-state index contributed by atoms with van der Waals surface area (Å²) in [6.07, 6.45) is 6.69. The van der Waals surface area contributed by atoms with Crippen molar-refractivity contribution in [1.29, 1.82) is 0 Å². The standard InChI is InChI=1S/C36H38NO3P/c1-30(2)29-35(39-27-15-19-31-17-7-3-8-18-31)41(38)37(26-16-28-40-41)36(32-20-9-4-10-21-32,33-22-11-5-12-23-33)34-24-13-6-14-25-34/h3-15,17-25,29-30H,16,26-28H2,1-2H3/b19-15+,35-29+. The van der Waals surface area contributed by atoms with E-state index in [4.69, 9.17) is 9.26 Å². The molecule has 4 aromatic carbocycles. The van der Waals surface area contributed by atoms with E-state index < -0.39 is 13.1 Å². The number of allylic oxidation sites excluding steroid dienone is 1. The van der Waals surface area contributed by atoms with Gasteiger partial charge in [-0.15, -0.1) is 0 Å². The zero-order valence-electron chi connectivity index (χ0n) is 23.8. The van der Waals surface area contributed by atoms with Gasteiger partial charge < -0.3 is 9.26 Å². The van der Waals surface area contributed by atoms with E-state index in [0.29, 0.717) is 18.7 Å². The SMILES string of the molecule is CC(C)/C=C(\OC/C=C/c1ccccc1)P1(=O)OCCCN1C(c1ccccc1)(c1ccccc1)c1ccccc1. The fourth-order valence-corrected chi connectivity index (χ4v) is 8.28. The third-order valence-corrected chi connectivity index (χ3v) is 9.76. The van der Waals surface area contributed by atoms with Crippen LogP contribution < -0.4 is 0 Å². The van der Waals surface area contributed by atoms with Crippen LogP contribution in [0.4, 0.5) is 0 Å². The number of nitrogens with zero attached hydrogens (tertiary/aromatic N) is 1. The second-order valence-corrected chi connectivity index (χ2v) is 12.7. The Kier molecular flexibility index (Phi) is 9.36. The van der Waals surface area contributed by atoms with Crippen molar-refractivity contribution < 1.29 is 13.8 Å². The first kappa shape index (κ1) is 28.8. The summed E-state index contributed by atoms with van der Waals surface area (Å²) < 4.78 is 30.4. The van der Waals surface area contributed by atoms with Crippen molar-refractivity contribution in [3.05, 3.63) is 161 Å². The van der Waals surface area contributed by atoms with Crippen molar-refractivity contribution in [2.24, 2.45) is 5.92 Å². The third-order valence-electron chi connectivity index (χ3n) is 7.25. The average molecular weight is 564 g/mol. The molecule has 0 amide bonds. The topological polar surface area (TPSA) is 38.8 Å². The van der Waals surface area contributed by atoms with E-state index in [1.165, 1.54) is 0 Å². The molecule has 1 fully saturated rings. The van der Waals surface area contributed by atoms with Gasteiger partial charge in [0.05, 0.1) is 6.61 Å². The van der Waals surface area contributed by atoms with Crippen molar-refractivity contribution in [2.45, 2.75) is 25.8 Å². The summed E-state index contributed by atoms with van der Waals surface area (Å²) in [6, 6.07) is 41.1. The van der Waals surface area contributed by atoms with E-state index in [0.717, 1.165) is 28.7 Å². The summed E-state index contributed by atoms with van der Waals surface area (Å²) in [7, 11) is -3.68. The van der Waals surface area contributed by atoms with Gasteiger partial charge in [-0.3, -0.25) is 4.57 Å². The zero-order chi connectivity index (χ0) is 28.5. The van der Waals surface area contributed by atoms with E-state index in [9.17, 15) is 0 Å². The predicted octanol–water partition coefficient (Wildman–Crippen LogP) is 9.12. The smallest absolute Gasteiger partial charge is 0.337 e. The van der Waals surface area contributed by atoms with Crippen LogP contribution in [-0.4, -0.2) is 24.4 Å². The fourth-order valence-electron chi connectivity index (χ4n) is 5.53. The van der Waals surface area contributed by atoms with Crippen molar-refractivity contribution in [2.75, 3.05) is 19.8 Å². The zero-order valence-corrected chi connectivity index (χ0v) is 24.7. The molecule has 1 saturated heterocycles. The normalized spacial score (nSPS) is 18.6. The lowest BCUT2D eigenvalue weighted by molar-refractivity contribution is 0.143. The fraction of sp³-hybridized carbons (Fsp3) is 0.222. The van der Waals surface area contributed by atoms with Crippen LogP contribution in [0.1, 0.15) is 42.5 Å². The molecule has 1 aliphatic heterocycles. The molecule has 1 heterocycles. The molecule has 1 atom stereocenters. The highest BCUT2D eigenvalue weighted by atomic mass is 31.2. The summed E-state index contributed by atoms with van der Waals surface area (Å²) in [6.45, 7) is 5.41. The van der Waals surface area contributed by atoms with Gasteiger partial charge in [-0.1, -0.05) is 141 Å². The minimum absolute atomic E-state index is 0.112. The van der Waals surface area contributed by atoms with Gasteiger partial charge in [0.2, 0.25) is 0 Å². The molecular formula is C36H38NO3P. The van der Waals surface area contributed by atoms with Crippen LogP contribution in [0.3, 0.4) is 0 Å². The molecule has 41 heavy (non-hydrogen) atoms. The van der Waals surface area contributed by atoms with Crippen LogP contribution >= 0.6 is 7.52 Å².